The van der Waals surface area contributed by atoms with Crippen molar-refractivity contribution in [1.82, 2.24) is 9.88 Å². The van der Waals surface area contributed by atoms with Gasteiger partial charge in [0, 0.05) is 41.7 Å². The fourth-order valence-electron chi connectivity index (χ4n) is 4.13. The summed E-state index contributed by atoms with van der Waals surface area (Å²) in [5, 5.41) is 6.24. The lowest BCUT2D eigenvalue weighted by molar-refractivity contribution is -0.117. The molecule has 0 spiro atoms. The molecule has 168 valence electrons. The van der Waals surface area contributed by atoms with E-state index in [1.165, 1.54) is 0 Å². The first kappa shape index (κ1) is 21.0. The van der Waals surface area contributed by atoms with Gasteiger partial charge in [-0.25, -0.2) is 4.98 Å². The number of hydrogen-bond donors (Lipinski definition) is 2. The van der Waals surface area contributed by atoms with Crippen molar-refractivity contribution in [3.63, 3.8) is 0 Å². The Morgan fingerprint density at radius 3 is 2.58 bits per heavy atom. The number of carbonyl (C=O) groups is 2. The zero-order valence-corrected chi connectivity index (χ0v) is 18.7. The van der Waals surface area contributed by atoms with Crippen molar-refractivity contribution < 1.29 is 14.3 Å². The number of methoxy groups -OCH3 is 1. The quantitative estimate of drug-likeness (QED) is 0.544. The smallest absolute Gasteiger partial charge is 0.255 e. The molecule has 0 bridgehead atoms. The van der Waals surface area contributed by atoms with Crippen molar-refractivity contribution in [3.8, 4) is 5.75 Å². The fraction of sp³-hybridized carbons (Fsp3) is 0.269. The first-order valence-electron chi connectivity index (χ1n) is 11.1. The number of pyridine rings is 1. The first-order chi connectivity index (χ1) is 16.0. The van der Waals surface area contributed by atoms with Gasteiger partial charge in [0.15, 0.2) is 0 Å². The second-order valence-corrected chi connectivity index (χ2v) is 8.58. The molecule has 1 aliphatic carbocycles. The molecule has 1 saturated carbocycles. The second kappa shape index (κ2) is 8.58. The van der Waals surface area contributed by atoms with Crippen LogP contribution in [0, 0.1) is 5.92 Å². The van der Waals surface area contributed by atoms with E-state index in [0.29, 0.717) is 12.4 Å². The van der Waals surface area contributed by atoms with Crippen LogP contribution in [0.3, 0.4) is 0 Å². The Kier molecular flexibility index (Phi) is 5.46. The van der Waals surface area contributed by atoms with E-state index in [9.17, 15) is 9.59 Å². The highest BCUT2D eigenvalue weighted by atomic mass is 16.5. The number of ether oxygens (including phenoxy) is 1. The van der Waals surface area contributed by atoms with E-state index in [2.05, 4.69) is 22.5 Å². The molecule has 2 amide bonds. The van der Waals surface area contributed by atoms with Crippen molar-refractivity contribution in [3.05, 3.63) is 77.5 Å². The summed E-state index contributed by atoms with van der Waals surface area (Å²) in [5.74, 6) is 1.52. The van der Waals surface area contributed by atoms with Crippen molar-refractivity contribution in [2.24, 2.45) is 5.92 Å². The molecule has 33 heavy (non-hydrogen) atoms. The number of carbonyl (C=O) groups excluding carboxylic acids is 2. The van der Waals surface area contributed by atoms with Gasteiger partial charge in [-0.2, -0.15) is 0 Å². The molecule has 5 rings (SSSR count). The van der Waals surface area contributed by atoms with Crippen LogP contribution >= 0.6 is 0 Å². The predicted octanol–water partition coefficient (Wildman–Crippen LogP) is 4.90. The van der Waals surface area contributed by atoms with Crippen LogP contribution in [0.15, 0.2) is 60.8 Å². The number of rotatable bonds is 7. The zero-order chi connectivity index (χ0) is 22.9. The summed E-state index contributed by atoms with van der Waals surface area (Å²) in [5.41, 5.74) is 4.48. The standard InChI is InChI=1S/C26H26N4O3/c1-16-23-13-19(28-20-11-12-27-24(14-20)29-25(31)18-5-6-18)7-10-22(23)26(32)30(16)15-17-3-8-21(33-2)9-4-17/h3-4,7-14,16,18H,5-6,15H2,1-2H3,(H2,27,28,29,31). The highest BCUT2D eigenvalue weighted by Crippen LogP contribution is 2.37. The third-order valence-electron chi connectivity index (χ3n) is 6.22. The van der Waals surface area contributed by atoms with Gasteiger partial charge in [-0.15, -0.1) is 0 Å². The van der Waals surface area contributed by atoms with E-state index in [1.54, 1.807) is 13.3 Å². The average Bonchev–Trinajstić information content (AvgIpc) is 3.65. The minimum absolute atomic E-state index is 0.0291. The number of aromatic nitrogens is 1. The lowest BCUT2D eigenvalue weighted by Gasteiger charge is -2.22. The first-order valence-corrected chi connectivity index (χ1v) is 11.1. The van der Waals surface area contributed by atoms with Crippen LogP contribution < -0.4 is 15.4 Å². The SMILES string of the molecule is COc1ccc(CN2C(=O)c3ccc(Nc4ccnc(NC(=O)C5CC5)c4)cc3C2C)cc1. The maximum absolute atomic E-state index is 13.0. The van der Waals surface area contributed by atoms with Gasteiger partial charge < -0.3 is 20.3 Å². The average molecular weight is 443 g/mol. The molecule has 2 heterocycles. The van der Waals surface area contributed by atoms with Gasteiger partial charge in [0.1, 0.15) is 11.6 Å². The van der Waals surface area contributed by atoms with E-state index < -0.39 is 0 Å². The van der Waals surface area contributed by atoms with Crippen molar-refractivity contribution >= 4 is 29.0 Å². The monoisotopic (exact) mass is 442 g/mol. The summed E-state index contributed by atoms with van der Waals surface area (Å²) in [4.78, 5) is 31.2. The molecule has 0 radical (unpaired) electrons. The van der Waals surface area contributed by atoms with E-state index >= 15 is 0 Å². The fourth-order valence-corrected chi connectivity index (χ4v) is 4.13. The highest BCUT2D eigenvalue weighted by molar-refractivity contribution is 5.99. The lowest BCUT2D eigenvalue weighted by Crippen LogP contribution is -2.26. The van der Waals surface area contributed by atoms with E-state index in [1.807, 2.05) is 59.5 Å². The van der Waals surface area contributed by atoms with E-state index in [4.69, 9.17) is 4.74 Å². The molecule has 2 N–H and O–H groups in total. The number of nitrogens with one attached hydrogen (secondary N) is 2. The molecule has 1 aromatic heterocycles. The summed E-state index contributed by atoms with van der Waals surface area (Å²) in [7, 11) is 1.64. The molecule has 3 aromatic rings. The Morgan fingerprint density at radius 2 is 1.85 bits per heavy atom. The maximum Gasteiger partial charge on any atom is 0.255 e. The van der Waals surface area contributed by atoms with Crippen molar-refractivity contribution in [2.75, 3.05) is 17.7 Å². The van der Waals surface area contributed by atoms with Gasteiger partial charge in [0.2, 0.25) is 5.91 Å². The van der Waals surface area contributed by atoms with Gasteiger partial charge in [-0.1, -0.05) is 12.1 Å². The Morgan fingerprint density at radius 1 is 1.09 bits per heavy atom. The number of hydrogen-bond acceptors (Lipinski definition) is 5. The molecule has 7 heteroatoms. The van der Waals surface area contributed by atoms with Crippen LogP contribution in [0.25, 0.3) is 0 Å². The molecule has 2 aliphatic rings. The third-order valence-corrected chi connectivity index (χ3v) is 6.22. The minimum Gasteiger partial charge on any atom is -0.497 e. The molecule has 7 nitrogen and oxygen atoms in total. The van der Waals surface area contributed by atoms with Gasteiger partial charge in [0.25, 0.3) is 5.91 Å². The van der Waals surface area contributed by atoms with Crippen LogP contribution in [0.1, 0.15) is 47.3 Å². The molecule has 1 atom stereocenters. The molecule has 1 fully saturated rings. The highest BCUT2D eigenvalue weighted by Gasteiger charge is 2.34. The molecular weight excluding hydrogens is 416 g/mol. The summed E-state index contributed by atoms with van der Waals surface area (Å²) in [6.07, 6.45) is 3.57. The van der Waals surface area contributed by atoms with Gasteiger partial charge >= 0.3 is 0 Å². The Hall–Kier alpha value is -3.87. The summed E-state index contributed by atoms with van der Waals surface area (Å²) < 4.78 is 5.22. The Labute approximate surface area is 192 Å². The van der Waals surface area contributed by atoms with Gasteiger partial charge in [-0.05, 0) is 67.3 Å². The zero-order valence-electron chi connectivity index (χ0n) is 18.7. The van der Waals surface area contributed by atoms with Crippen molar-refractivity contribution in [1.29, 1.82) is 0 Å². The second-order valence-electron chi connectivity index (χ2n) is 8.58. The van der Waals surface area contributed by atoms with Crippen molar-refractivity contribution in [2.45, 2.75) is 32.4 Å². The van der Waals surface area contributed by atoms with E-state index in [-0.39, 0.29) is 23.8 Å². The van der Waals surface area contributed by atoms with Crippen LogP contribution in [-0.4, -0.2) is 28.8 Å². The summed E-state index contributed by atoms with van der Waals surface area (Å²) >= 11 is 0. The minimum atomic E-state index is -0.0396. The third kappa shape index (κ3) is 4.39. The number of benzene rings is 2. The molecule has 1 unspecified atom stereocenters. The normalized spacial score (nSPS) is 17.0. The van der Waals surface area contributed by atoms with Gasteiger partial charge in [0.05, 0.1) is 13.2 Å². The lowest BCUT2D eigenvalue weighted by atomic mass is 10.0. The number of fused-ring (bicyclic) bond motifs is 1. The number of nitrogens with zero attached hydrogens (tertiary/aromatic N) is 2. The maximum atomic E-state index is 13.0. The van der Waals surface area contributed by atoms with E-state index in [0.717, 1.165) is 46.7 Å². The Bertz CT molecular complexity index is 1200. The summed E-state index contributed by atoms with van der Waals surface area (Å²) in [6, 6.07) is 17.2. The molecule has 1 aliphatic heterocycles. The van der Waals surface area contributed by atoms with Crippen LogP contribution in [0.2, 0.25) is 0 Å². The largest absolute Gasteiger partial charge is 0.497 e. The molecule has 2 aromatic carbocycles. The number of anilines is 3. The topological polar surface area (TPSA) is 83.6 Å². The predicted molar refractivity (Wildman–Crippen MR) is 127 cm³/mol. The number of amides is 2. The van der Waals surface area contributed by atoms with Crippen LogP contribution in [0.4, 0.5) is 17.2 Å². The van der Waals surface area contributed by atoms with Gasteiger partial charge in [-0.3, -0.25) is 9.59 Å². The Balaban J connectivity index is 1.30. The van der Waals surface area contributed by atoms with Crippen LogP contribution in [0.5, 0.6) is 5.75 Å². The summed E-state index contributed by atoms with van der Waals surface area (Å²) in [6.45, 7) is 2.59. The van der Waals surface area contributed by atoms with Crippen LogP contribution in [-0.2, 0) is 11.3 Å². The molecule has 0 saturated heterocycles. The molecular formula is C26H26N4O3.